The molecule has 2 aromatic carbocycles. The summed E-state index contributed by atoms with van der Waals surface area (Å²) in [5.41, 5.74) is 0.663. The second-order valence-corrected chi connectivity index (χ2v) is 9.38. The molecule has 3 aliphatic carbocycles. The Labute approximate surface area is 190 Å². The van der Waals surface area contributed by atoms with Gasteiger partial charge in [0.1, 0.15) is 11.6 Å². The van der Waals surface area contributed by atoms with Crippen molar-refractivity contribution in [3.05, 3.63) is 63.9 Å². The van der Waals surface area contributed by atoms with Gasteiger partial charge in [-0.2, -0.15) is 0 Å². The van der Waals surface area contributed by atoms with Gasteiger partial charge >= 0.3 is 0 Å². The molecule has 0 aliphatic heterocycles. The summed E-state index contributed by atoms with van der Waals surface area (Å²) in [5.74, 6) is -0.577. The molecule has 164 valence electrons. The summed E-state index contributed by atoms with van der Waals surface area (Å²) in [4.78, 5) is 24.5. The molecule has 8 heteroatoms. The van der Waals surface area contributed by atoms with Crippen LogP contribution in [0.15, 0.2) is 42.5 Å². The van der Waals surface area contributed by atoms with Crippen molar-refractivity contribution in [2.24, 2.45) is 0 Å². The van der Waals surface area contributed by atoms with Crippen LogP contribution in [-0.4, -0.2) is 29.5 Å². The van der Waals surface area contributed by atoms with E-state index in [2.05, 4.69) is 10.6 Å². The van der Waals surface area contributed by atoms with Crippen molar-refractivity contribution in [3.8, 4) is 5.75 Å². The number of halogens is 3. The highest BCUT2D eigenvalue weighted by molar-refractivity contribution is 6.31. The largest absolute Gasteiger partial charge is 0.484 e. The van der Waals surface area contributed by atoms with E-state index in [1.807, 2.05) is 24.3 Å². The molecular weight excluding hydrogens is 442 g/mol. The highest BCUT2D eigenvalue weighted by atomic mass is 35.5. The highest BCUT2D eigenvalue weighted by Gasteiger charge is 2.69. The Kier molecular flexibility index (Phi) is 6.13. The summed E-state index contributed by atoms with van der Waals surface area (Å²) in [7, 11) is 0. The molecule has 2 bridgehead atoms. The van der Waals surface area contributed by atoms with Crippen molar-refractivity contribution in [1.29, 1.82) is 0 Å². The normalized spacial score (nSPS) is 23.3. The predicted molar refractivity (Wildman–Crippen MR) is 117 cm³/mol. The second-order valence-electron chi connectivity index (χ2n) is 8.54. The zero-order valence-electron chi connectivity index (χ0n) is 16.8. The van der Waals surface area contributed by atoms with E-state index in [0.29, 0.717) is 11.4 Å². The maximum atomic E-state index is 13.4. The first-order chi connectivity index (χ1) is 14.8. The second kappa shape index (κ2) is 8.67. The third kappa shape index (κ3) is 5.13. The van der Waals surface area contributed by atoms with Crippen LogP contribution in [-0.2, 0) is 16.0 Å². The maximum absolute atomic E-state index is 13.4. The molecule has 0 unspecified atom stereocenters. The van der Waals surface area contributed by atoms with Gasteiger partial charge < -0.3 is 15.4 Å². The van der Waals surface area contributed by atoms with Gasteiger partial charge in [-0.15, -0.1) is 0 Å². The molecule has 0 saturated heterocycles. The summed E-state index contributed by atoms with van der Waals surface area (Å²) in [6.07, 6.45) is 4.19. The summed E-state index contributed by atoms with van der Waals surface area (Å²) in [6.45, 7) is -0.203. The van der Waals surface area contributed by atoms with Gasteiger partial charge in [0, 0.05) is 28.6 Å². The molecule has 0 heterocycles. The molecule has 2 amide bonds. The van der Waals surface area contributed by atoms with Gasteiger partial charge in [0.25, 0.3) is 5.91 Å². The van der Waals surface area contributed by atoms with Crippen LogP contribution in [0.3, 0.4) is 0 Å². The van der Waals surface area contributed by atoms with E-state index >= 15 is 0 Å². The van der Waals surface area contributed by atoms with E-state index in [4.69, 9.17) is 27.9 Å². The minimum Gasteiger partial charge on any atom is -0.484 e. The molecule has 31 heavy (non-hydrogen) atoms. The number of carbonyl (C=O) groups is 2. The lowest BCUT2D eigenvalue weighted by Gasteiger charge is -2.70. The number of ether oxygens (including phenoxy) is 1. The van der Waals surface area contributed by atoms with Crippen molar-refractivity contribution >= 4 is 35.0 Å². The van der Waals surface area contributed by atoms with E-state index in [9.17, 15) is 14.0 Å². The molecule has 5 rings (SSSR count). The molecule has 3 aliphatic rings. The van der Waals surface area contributed by atoms with Crippen LogP contribution in [0.5, 0.6) is 5.75 Å². The summed E-state index contributed by atoms with van der Waals surface area (Å²) in [5, 5.41) is 6.80. The lowest BCUT2D eigenvalue weighted by molar-refractivity contribution is -0.150. The molecule has 0 radical (unpaired) electrons. The number of benzene rings is 2. The van der Waals surface area contributed by atoms with Crippen molar-refractivity contribution in [1.82, 2.24) is 10.6 Å². The first-order valence-corrected chi connectivity index (χ1v) is 11.0. The molecule has 2 aromatic rings. The number of nitrogens with one attached hydrogen (secondary N) is 2. The lowest BCUT2D eigenvalue weighted by Crippen LogP contribution is -2.84. The van der Waals surface area contributed by atoms with Crippen LogP contribution in [0.4, 0.5) is 4.39 Å². The van der Waals surface area contributed by atoms with Gasteiger partial charge in [-0.05, 0) is 61.9 Å². The van der Waals surface area contributed by atoms with Crippen molar-refractivity contribution in [3.63, 3.8) is 0 Å². The number of hydrogen-bond donors (Lipinski definition) is 2. The van der Waals surface area contributed by atoms with Crippen molar-refractivity contribution < 1.29 is 18.7 Å². The van der Waals surface area contributed by atoms with Crippen molar-refractivity contribution in [2.45, 2.75) is 49.6 Å². The van der Waals surface area contributed by atoms with E-state index < -0.39 is 5.82 Å². The van der Waals surface area contributed by atoms with Gasteiger partial charge in [-0.25, -0.2) is 4.39 Å². The van der Waals surface area contributed by atoms with E-state index in [0.717, 1.165) is 43.7 Å². The Morgan fingerprint density at radius 1 is 1.00 bits per heavy atom. The first-order valence-electron chi connectivity index (χ1n) is 10.2. The maximum Gasteiger partial charge on any atom is 0.258 e. The molecule has 0 atom stereocenters. The lowest BCUT2D eigenvalue weighted by atomic mass is 9.44. The number of rotatable bonds is 9. The minimum atomic E-state index is -0.593. The molecule has 2 N–H and O–H groups in total. The fourth-order valence-electron chi connectivity index (χ4n) is 4.60. The monoisotopic (exact) mass is 464 g/mol. The third-order valence-corrected chi connectivity index (χ3v) is 6.40. The van der Waals surface area contributed by atoms with Crippen LogP contribution >= 0.6 is 23.2 Å². The number of aryl methyl sites for hydroxylation is 1. The highest BCUT2D eigenvalue weighted by Crippen LogP contribution is 2.60. The Bertz CT molecular complexity index is 994. The standard InChI is InChI=1S/C23H23Cl2FN2O3/c24-16-5-1-3-15(9-16)4-2-6-20(29)27-22-12-23(13-22,14-22)28-21(30)11-31-17-7-8-18(25)19(26)10-17/h1,3,5,7-10H,2,4,6,11-14H2,(H,27,29)(H,28,30). The average Bonchev–Trinajstić information content (AvgIpc) is 2.66. The zero-order valence-corrected chi connectivity index (χ0v) is 18.4. The van der Waals surface area contributed by atoms with Crippen LogP contribution < -0.4 is 15.4 Å². The number of amides is 2. The molecule has 3 saturated carbocycles. The third-order valence-electron chi connectivity index (χ3n) is 5.86. The molecule has 5 nitrogen and oxygen atoms in total. The topological polar surface area (TPSA) is 67.4 Å². The Morgan fingerprint density at radius 3 is 2.39 bits per heavy atom. The van der Waals surface area contributed by atoms with Crippen LogP contribution in [0.1, 0.15) is 37.7 Å². The van der Waals surface area contributed by atoms with Crippen LogP contribution in [0.2, 0.25) is 10.0 Å². The van der Waals surface area contributed by atoms with Gasteiger partial charge in [0.15, 0.2) is 6.61 Å². The van der Waals surface area contributed by atoms with E-state index in [1.54, 1.807) is 0 Å². The number of carbonyl (C=O) groups excluding carboxylic acids is 2. The van der Waals surface area contributed by atoms with Gasteiger partial charge in [0.2, 0.25) is 5.91 Å². The first kappa shape index (κ1) is 21.9. The SMILES string of the molecule is O=C(CCCc1cccc(Cl)c1)NC12CC(NC(=O)COc3ccc(Cl)c(F)c3)(C1)C2. The smallest absolute Gasteiger partial charge is 0.258 e. The van der Waals surface area contributed by atoms with Gasteiger partial charge in [-0.3, -0.25) is 9.59 Å². The minimum absolute atomic E-state index is 0.00229. The fraction of sp³-hybridized carbons (Fsp3) is 0.391. The van der Waals surface area contributed by atoms with E-state index in [-0.39, 0.29) is 40.3 Å². The summed E-state index contributed by atoms with van der Waals surface area (Å²) < 4.78 is 18.7. The van der Waals surface area contributed by atoms with Crippen LogP contribution in [0.25, 0.3) is 0 Å². The Morgan fingerprint density at radius 2 is 1.71 bits per heavy atom. The Hall–Kier alpha value is -2.31. The summed E-state index contributed by atoms with van der Waals surface area (Å²) in [6, 6.07) is 11.7. The molecule has 0 aromatic heterocycles. The summed E-state index contributed by atoms with van der Waals surface area (Å²) >= 11 is 11.6. The average molecular weight is 465 g/mol. The molecule has 3 fully saturated rings. The quantitative estimate of drug-likeness (QED) is 0.576. The predicted octanol–water partition coefficient (Wildman–Crippen LogP) is 4.44. The molecular formula is C23H23Cl2FN2O3. The van der Waals surface area contributed by atoms with Crippen LogP contribution in [0, 0.1) is 5.82 Å². The van der Waals surface area contributed by atoms with E-state index in [1.165, 1.54) is 12.1 Å². The van der Waals surface area contributed by atoms with Gasteiger partial charge in [-0.1, -0.05) is 35.3 Å². The zero-order chi connectivity index (χ0) is 22.1. The fourth-order valence-corrected chi connectivity index (χ4v) is 4.93. The molecule has 0 spiro atoms. The number of hydrogen-bond acceptors (Lipinski definition) is 3. The van der Waals surface area contributed by atoms with Gasteiger partial charge in [0.05, 0.1) is 5.02 Å². The van der Waals surface area contributed by atoms with Crippen molar-refractivity contribution in [2.75, 3.05) is 6.61 Å². The Balaban J connectivity index is 1.14.